The third-order valence-corrected chi connectivity index (χ3v) is 5.68. The predicted octanol–water partition coefficient (Wildman–Crippen LogP) is 3.87. The number of hydrogen-bond acceptors (Lipinski definition) is 4. The third-order valence-electron chi connectivity index (χ3n) is 5.68. The van der Waals surface area contributed by atoms with Crippen molar-refractivity contribution in [2.75, 3.05) is 13.2 Å². The highest BCUT2D eigenvalue weighted by molar-refractivity contribution is 5.82. The molecule has 4 rings (SSSR count). The van der Waals surface area contributed by atoms with Crippen molar-refractivity contribution in [1.82, 2.24) is 14.5 Å². The van der Waals surface area contributed by atoms with E-state index in [0.29, 0.717) is 25.1 Å². The lowest BCUT2D eigenvalue weighted by Crippen LogP contribution is -2.49. The molecule has 1 aliphatic rings. The van der Waals surface area contributed by atoms with E-state index in [9.17, 15) is 18.7 Å². The van der Waals surface area contributed by atoms with Crippen LogP contribution in [0.4, 0.5) is 8.78 Å². The van der Waals surface area contributed by atoms with E-state index in [1.165, 1.54) is 4.90 Å². The van der Waals surface area contributed by atoms with Crippen LogP contribution in [0.3, 0.4) is 0 Å². The van der Waals surface area contributed by atoms with Crippen molar-refractivity contribution in [3.8, 4) is 11.4 Å². The van der Waals surface area contributed by atoms with Crippen molar-refractivity contribution in [3.63, 3.8) is 0 Å². The highest BCUT2D eigenvalue weighted by Crippen LogP contribution is 2.29. The number of rotatable bonds is 6. The van der Waals surface area contributed by atoms with E-state index in [0.717, 1.165) is 35.1 Å². The summed E-state index contributed by atoms with van der Waals surface area (Å²) in [5.74, 6) is -1.26. The van der Waals surface area contributed by atoms with Crippen LogP contribution in [0.5, 0.6) is 5.75 Å². The van der Waals surface area contributed by atoms with Gasteiger partial charge in [-0.15, -0.1) is 0 Å². The number of nitrogens with zero attached hydrogens (tertiary/aromatic N) is 3. The minimum Gasteiger partial charge on any atom is -0.481 e. The molecule has 1 fully saturated rings. The van der Waals surface area contributed by atoms with E-state index in [1.54, 1.807) is 12.4 Å². The smallest absolute Gasteiger partial charge is 0.264 e. The summed E-state index contributed by atoms with van der Waals surface area (Å²) in [5, 5.41) is 9.90. The van der Waals surface area contributed by atoms with Gasteiger partial charge in [-0.25, -0.2) is 13.8 Å². The number of piperidine rings is 1. The summed E-state index contributed by atoms with van der Waals surface area (Å²) in [5.41, 5.74) is 3.05. The fraction of sp³-hybridized carbons (Fsp3) is 0.333. The van der Waals surface area contributed by atoms with Gasteiger partial charge in [0.05, 0.1) is 24.7 Å². The van der Waals surface area contributed by atoms with Gasteiger partial charge < -0.3 is 19.3 Å². The zero-order valence-corrected chi connectivity index (χ0v) is 18.0. The van der Waals surface area contributed by atoms with Gasteiger partial charge in [0.15, 0.2) is 6.10 Å². The van der Waals surface area contributed by atoms with Gasteiger partial charge in [-0.2, -0.15) is 0 Å². The van der Waals surface area contributed by atoms with Gasteiger partial charge in [0, 0.05) is 24.5 Å². The molecule has 0 spiro atoms. The third kappa shape index (κ3) is 4.50. The quantitative estimate of drug-likeness (QED) is 0.631. The number of aromatic nitrogens is 2. The summed E-state index contributed by atoms with van der Waals surface area (Å²) in [7, 11) is 0. The number of carbonyl (C=O) groups is 1. The molecule has 3 aromatic rings. The molecule has 0 saturated carbocycles. The van der Waals surface area contributed by atoms with Crippen molar-refractivity contribution in [1.29, 1.82) is 0 Å². The molecular weight excluding hydrogens is 416 g/mol. The van der Waals surface area contributed by atoms with Crippen LogP contribution in [0.15, 0.2) is 48.9 Å². The number of imidazole rings is 1. The Morgan fingerprint density at radius 1 is 1.19 bits per heavy atom. The number of carbonyl (C=O) groups excluding carboxylic acids is 1. The molecule has 1 amide bonds. The first-order valence-electron chi connectivity index (χ1n) is 10.5. The second-order valence-electron chi connectivity index (χ2n) is 8.05. The summed E-state index contributed by atoms with van der Waals surface area (Å²) < 4.78 is 35.3. The van der Waals surface area contributed by atoms with Gasteiger partial charge >= 0.3 is 0 Å². The van der Waals surface area contributed by atoms with E-state index < -0.39 is 30.4 Å². The number of halogens is 2. The van der Waals surface area contributed by atoms with Crippen molar-refractivity contribution >= 4 is 5.91 Å². The topological polar surface area (TPSA) is 67.6 Å². The normalized spacial score (nSPS) is 17.5. The fourth-order valence-corrected chi connectivity index (χ4v) is 4.14. The first kappa shape index (κ1) is 22.0. The van der Waals surface area contributed by atoms with E-state index in [1.807, 2.05) is 36.7 Å². The summed E-state index contributed by atoms with van der Waals surface area (Å²) in [4.78, 5) is 18.8. The Hall–Kier alpha value is -3.26. The molecule has 1 N–H and O–H groups in total. The summed E-state index contributed by atoms with van der Waals surface area (Å²) in [6.07, 6.45) is 4.10. The molecule has 168 valence electrons. The van der Waals surface area contributed by atoms with Gasteiger partial charge in [-0.05, 0) is 68.1 Å². The fourth-order valence-electron chi connectivity index (χ4n) is 4.14. The summed E-state index contributed by atoms with van der Waals surface area (Å²) in [6, 6.07) is 7.77. The molecule has 2 unspecified atom stereocenters. The molecule has 8 heteroatoms. The zero-order chi connectivity index (χ0) is 22.8. The van der Waals surface area contributed by atoms with Crippen molar-refractivity contribution < 1.29 is 23.4 Å². The van der Waals surface area contributed by atoms with Crippen LogP contribution < -0.4 is 4.74 Å². The molecule has 1 aliphatic heterocycles. The molecule has 2 aromatic carbocycles. The lowest BCUT2D eigenvalue weighted by molar-refractivity contribution is -0.146. The number of ether oxygens (including phenoxy) is 1. The Morgan fingerprint density at radius 2 is 1.94 bits per heavy atom. The average molecular weight is 441 g/mol. The molecule has 2 heterocycles. The summed E-state index contributed by atoms with van der Waals surface area (Å²) in [6.45, 7) is 3.80. The van der Waals surface area contributed by atoms with Crippen LogP contribution in [-0.2, 0) is 4.79 Å². The largest absolute Gasteiger partial charge is 0.481 e. The first-order chi connectivity index (χ1) is 15.4. The van der Waals surface area contributed by atoms with Crippen LogP contribution in [0.1, 0.15) is 35.7 Å². The molecule has 0 radical (unpaired) electrons. The Balaban J connectivity index is 1.52. The Kier molecular flexibility index (Phi) is 6.23. The van der Waals surface area contributed by atoms with Gasteiger partial charge in [0.25, 0.3) is 5.91 Å². The van der Waals surface area contributed by atoms with Crippen LogP contribution in [0.25, 0.3) is 5.69 Å². The predicted molar refractivity (Wildman–Crippen MR) is 115 cm³/mol. The van der Waals surface area contributed by atoms with Gasteiger partial charge in [0.1, 0.15) is 17.4 Å². The maximum atomic E-state index is 13.7. The number of aliphatic hydroxyl groups excluding tert-OH is 1. The lowest BCUT2D eigenvalue weighted by Gasteiger charge is -2.37. The number of likely N-dealkylation sites (tertiary alicyclic amines) is 1. The zero-order valence-electron chi connectivity index (χ0n) is 18.0. The second kappa shape index (κ2) is 9.08. The van der Waals surface area contributed by atoms with E-state index in [4.69, 9.17) is 4.74 Å². The monoisotopic (exact) mass is 441 g/mol. The van der Waals surface area contributed by atoms with Crippen molar-refractivity contribution in [3.05, 3.63) is 77.4 Å². The van der Waals surface area contributed by atoms with Crippen LogP contribution >= 0.6 is 0 Å². The number of hydrogen-bond donors (Lipinski definition) is 1. The highest BCUT2D eigenvalue weighted by atomic mass is 19.1. The van der Waals surface area contributed by atoms with Crippen LogP contribution in [0.2, 0.25) is 0 Å². The van der Waals surface area contributed by atoms with E-state index >= 15 is 0 Å². The Labute approximate surface area is 185 Å². The number of aryl methyl sites for hydroxylation is 2. The van der Waals surface area contributed by atoms with E-state index in [-0.39, 0.29) is 11.5 Å². The minimum absolute atomic E-state index is 0.217. The van der Waals surface area contributed by atoms with Crippen LogP contribution in [-0.4, -0.2) is 44.7 Å². The SMILES string of the molecule is Cc1cn(-c2ccc(OC3CCCN(C(CO)c4cc(F)cc(F)c4)C3=O)cc2C)cn1. The first-order valence-corrected chi connectivity index (χ1v) is 10.5. The van der Waals surface area contributed by atoms with E-state index in [2.05, 4.69) is 4.98 Å². The molecule has 1 saturated heterocycles. The molecule has 1 aromatic heterocycles. The molecule has 6 nitrogen and oxygen atoms in total. The number of aliphatic hydroxyl groups is 1. The molecule has 0 aliphatic carbocycles. The minimum atomic E-state index is -0.840. The van der Waals surface area contributed by atoms with Gasteiger partial charge in [-0.3, -0.25) is 4.79 Å². The molecule has 0 bridgehead atoms. The highest BCUT2D eigenvalue weighted by Gasteiger charge is 2.35. The second-order valence-corrected chi connectivity index (χ2v) is 8.05. The van der Waals surface area contributed by atoms with Crippen LogP contribution in [0, 0.1) is 25.5 Å². The maximum absolute atomic E-state index is 13.7. The lowest BCUT2D eigenvalue weighted by atomic mass is 10.00. The van der Waals surface area contributed by atoms with Gasteiger partial charge in [0.2, 0.25) is 0 Å². The van der Waals surface area contributed by atoms with Gasteiger partial charge in [-0.1, -0.05) is 0 Å². The number of benzene rings is 2. The van der Waals surface area contributed by atoms with Crippen molar-refractivity contribution in [2.45, 2.75) is 38.8 Å². The molecule has 32 heavy (non-hydrogen) atoms. The Bertz CT molecular complexity index is 1110. The standard InChI is InChI=1S/C24H25F2N3O3/c1-15-8-20(5-6-21(15)28-12-16(2)27-14-28)32-23-4-3-7-29(24(23)31)22(13-30)17-9-18(25)11-19(26)10-17/h5-6,8-12,14,22-23,30H,3-4,7,13H2,1-2H3. The maximum Gasteiger partial charge on any atom is 0.264 e. The summed E-state index contributed by atoms with van der Waals surface area (Å²) >= 11 is 0. The number of amides is 1. The molecule has 2 atom stereocenters. The van der Waals surface area contributed by atoms with Crippen molar-refractivity contribution in [2.24, 2.45) is 0 Å². The molecular formula is C24H25F2N3O3. The average Bonchev–Trinajstić information content (AvgIpc) is 3.16. The Morgan fingerprint density at radius 3 is 2.56 bits per heavy atom.